The molecule has 1 heterocycles. The summed E-state index contributed by atoms with van der Waals surface area (Å²) in [4.78, 5) is 37.3. The van der Waals surface area contributed by atoms with E-state index in [2.05, 4.69) is 13.8 Å². The largest absolute Gasteiger partial charge is 0.428 e. The van der Waals surface area contributed by atoms with Crippen molar-refractivity contribution in [3.8, 4) is 0 Å². The molecule has 0 unspecified atom stereocenters. The second-order valence-electron chi connectivity index (χ2n) is 12.0. The number of esters is 2. The SMILES string of the molecule is CCC(=O)OCOC(=O)[C@@]12OC(C)(C)O[C@@H]1C[C@@H]1[C@@H]3C[C@H](F)C4=CC(=O)CC[C@]4(C)[C@@H]3CC[C@@]12C. The van der Waals surface area contributed by atoms with E-state index in [4.69, 9.17) is 18.9 Å². The van der Waals surface area contributed by atoms with E-state index in [1.165, 1.54) is 0 Å². The Kier molecular flexibility index (Phi) is 5.76. The zero-order valence-corrected chi connectivity index (χ0v) is 21.4. The van der Waals surface area contributed by atoms with E-state index in [1.807, 2.05) is 0 Å². The van der Waals surface area contributed by atoms with Crippen LogP contribution in [0.3, 0.4) is 0 Å². The summed E-state index contributed by atoms with van der Waals surface area (Å²) in [5, 5.41) is 0. The molecule has 5 aliphatic rings. The lowest BCUT2D eigenvalue weighted by molar-refractivity contribution is -0.232. The van der Waals surface area contributed by atoms with E-state index < -0.39 is 47.8 Å². The van der Waals surface area contributed by atoms with Crippen LogP contribution in [0.25, 0.3) is 0 Å². The third kappa shape index (κ3) is 3.45. The second-order valence-corrected chi connectivity index (χ2v) is 12.0. The van der Waals surface area contributed by atoms with Gasteiger partial charge >= 0.3 is 11.9 Å². The zero-order valence-electron chi connectivity index (χ0n) is 21.4. The molecule has 7 nitrogen and oxygen atoms in total. The molecule has 0 aromatic carbocycles. The van der Waals surface area contributed by atoms with Crippen molar-refractivity contribution < 1.29 is 37.7 Å². The molecule has 1 saturated heterocycles. The molecule has 35 heavy (non-hydrogen) atoms. The van der Waals surface area contributed by atoms with Crippen molar-refractivity contribution in [3.05, 3.63) is 11.6 Å². The number of ketones is 1. The summed E-state index contributed by atoms with van der Waals surface area (Å²) < 4.78 is 38.8. The van der Waals surface area contributed by atoms with Crippen molar-refractivity contribution in [2.45, 2.75) is 103 Å². The molecule has 0 spiro atoms. The van der Waals surface area contributed by atoms with Crippen LogP contribution in [0.2, 0.25) is 0 Å². The van der Waals surface area contributed by atoms with E-state index in [1.54, 1.807) is 26.8 Å². The van der Waals surface area contributed by atoms with Gasteiger partial charge in [-0.3, -0.25) is 9.59 Å². The number of carbonyl (C=O) groups is 3. The highest BCUT2D eigenvalue weighted by atomic mass is 19.1. The van der Waals surface area contributed by atoms with E-state index >= 15 is 4.39 Å². The van der Waals surface area contributed by atoms with Gasteiger partial charge in [-0.05, 0) is 80.8 Å². The molecule has 194 valence electrons. The average Bonchev–Trinajstić information content (AvgIpc) is 3.21. The van der Waals surface area contributed by atoms with Crippen LogP contribution in [0.4, 0.5) is 4.39 Å². The van der Waals surface area contributed by atoms with Gasteiger partial charge in [-0.1, -0.05) is 20.8 Å². The molecule has 0 N–H and O–H groups in total. The van der Waals surface area contributed by atoms with Crippen LogP contribution in [0.5, 0.6) is 0 Å². The first-order valence-corrected chi connectivity index (χ1v) is 13.0. The lowest BCUT2D eigenvalue weighted by atomic mass is 9.46. The second kappa shape index (κ2) is 8.10. The Morgan fingerprint density at radius 3 is 2.57 bits per heavy atom. The maximum atomic E-state index is 15.6. The molecule has 0 bridgehead atoms. The number of fused-ring (bicyclic) bond motifs is 7. The minimum Gasteiger partial charge on any atom is -0.428 e. The van der Waals surface area contributed by atoms with E-state index in [0.717, 1.165) is 6.42 Å². The van der Waals surface area contributed by atoms with Crippen molar-refractivity contribution in [1.29, 1.82) is 0 Å². The average molecular weight is 493 g/mol. The van der Waals surface area contributed by atoms with Crippen LogP contribution < -0.4 is 0 Å². The predicted octanol–water partition coefficient (Wildman–Crippen LogP) is 4.42. The van der Waals surface area contributed by atoms with Crippen molar-refractivity contribution in [1.82, 2.24) is 0 Å². The molecular formula is C27H37FO7. The summed E-state index contributed by atoms with van der Waals surface area (Å²) in [7, 11) is 0. The van der Waals surface area contributed by atoms with Gasteiger partial charge in [0, 0.05) is 18.3 Å². The molecule has 0 radical (unpaired) electrons. The third-order valence-electron chi connectivity index (χ3n) is 9.93. The number of alkyl halides is 1. The predicted molar refractivity (Wildman–Crippen MR) is 122 cm³/mol. The van der Waals surface area contributed by atoms with Crippen molar-refractivity contribution in [3.63, 3.8) is 0 Å². The maximum absolute atomic E-state index is 15.6. The van der Waals surface area contributed by atoms with Crippen LogP contribution in [0, 0.1) is 28.6 Å². The molecule has 5 rings (SSSR count). The standard InChI is InChI=1S/C27H37FO7/c1-6-22(30)32-14-33-23(31)27-21(34-24(2,3)35-27)13-18-16-12-20(28)19-11-15(29)7-9-25(19,4)17(16)8-10-26(18,27)5/h11,16-18,20-21H,6-10,12-14H2,1-5H3/t16-,17-,18-,20+,21-,25-,26+,27+/m1/s1. The number of allylic oxidation sites excluding steroid dienone is 1. The molecule has 4 fully saturated rings. The Balaban J connectivity index is 1.48. The van der Waals surface area contributed by atoms with Crippen LogP contribution in [-0.4, -0.2) is 48.2 Å². The van der Waals surface area contributed by atoms with E-state index in [-0.39, 0.29) is 35.4 Å². The summed E-state index contributed by atoms with van der Waals surface area (Å²) in [6.07, 6.45) is 3.60. The molecule has 1 aliphatic heterocycles. The summed E-state index contributed by atoms with van der Waals surface area (Å²) in [6, 6.07) is 0. The van der Waals surface area contributed by atoms with Gasteiger partial charge in [-0.2, -0.15) is 0 Å². The molecule has 8 atom stereocenters. The summed E-state index contributed by atoms with van der Waals surface area (Å²) in [5.41, 5.74) is -1.66. The number of hydrogen-bond donors (Lipinski definition) is 0. The van der Waals surface area contributed by atoms with Gasteiger partial charge < -0.3 is 18.9 Å². The Labute approximate surface area is 206 Å². The maximum Gasteiger partial charge on any atom is 0.344 e. The van der Waals surface area contributed by atoms with Crippen molar-refractivity contribution in [2.75, 3.05) is 6.79 Å². The topological polar surface area (TPSA) is 88.1 Å². The number of hydrogen-bond acceptors (Lipinski definition) is 7. The normalized spacial score (nSPS) is 45.5. The molecule has 8 heteroatoms. The minimum atomic E-state index is -1.35. The number of rotatable bonds is 4. The number of carbonyl (C=O) groups excluding carboxylic acids is 3. The molecule has 0 amide bonds. The lowest BCUT2D eigenvalue weighted by Crippen LogP contribution is -2.61. The molecule has 3 saturated carbocycles. The van der Waals surface area contributed by atoms with E-state index in [9.17, 15) is 14.4 Å². The molecule has 4 aliphatic carbocycles. The molecule has 0 aromatic rings. The first-order valence-electron chi connectivity index (χ1n) is 13.0. The van der Waals surface area contributed by atoms with Gasteiger partial charge in [0.15, 0.2) is 17.2 Å². The fraction of sp³-hybridized carbons (Fsp3) is 0.815. The van der Waals surface area contributed by atoms with Gasteiger partial charge in [0.1, 0.15) is 12.3 Å². The summed E-state index contributed by atoms with van der Waals surface area (Å²) >= 11 is 0. The molecular weight excluding hydrogens is 455 g/mol. The van der Waals surface area contributed by atoms with Gasteiger partial charge in [-0.15, -0.1) is 0 Å². The fourth-order valence-corrected chi connectivity index (χ4v) is 8.37. The highest BCUT2D eigenvalue weighted by Crippen LogP contribution is 2.71. The fourth-order valence-electron chi connectivity index (χ4n) is 8.37. The highest BCUT2D eigenvalue weighted by molar-refractivity contribution is 5.92. The van der Waals surface area contributed by atoms with Gasteiger partial charge in [0.25, 0.3) is 0 Å². The Hall–Kier alpha value is -1.80. The van der Waals surface area contributed by atoms with Crippen LogP contribution >= 0.6 is 0 Å². The smallest absolute Gasteiger partial charge is 0.344 e. The first kappa shape index (κ1) is 24.9. The Bertz CT molecular complexity index is 975. The zero-order chi connectivity index (χ0) is 25.4. The quantitative estimate of drug-likeness (QED) is 0.424. The monoisotopic (exact) mass is 492 g/mol. The van der Waals surface area contributed by atoms with E-state index in [0.29, 0.717) is 37.7 Å². The Morgan fingerprint density at radius 1 is 1.11 bits per heavy atom. The van der Waals surface area contributed by atoms with Gasteiger partial charge in [-0.25, -0.2) is 9.18 Å². The van der Waals surface area contributed by atoms with Crippen molar-refractivity contribution >= 4 is 17.7 Å². The van der Waals surface area contributed by atoms with Crippen LogP contribution in [0.1, 0.15) is 79.6 Å². The summed E-state index contributed by atoms with van der Waals surface area (Å²) in [6.45, 7) is 8.96. The minimum absolute atomic E-state index is 0.00217. The third-order valence-corrected chi connectivity index (χ3v) is 9.93. The molecule has 0 aromatic heterocycles. The van der Waals surface area contributed by atoms with Crippen LogP contribution in [-0.2, 0) is 33.3 Å². The number of ether oxygens (including phenoxy) is 4. The van der Waals surface area contributed by atoms with Crippen molar-refractivity contribution in [2.24, 2.45) is 28.6 Å². The first-order chi connectivity index (χ1) is 16.4. The van der Waals surface area contributed by atoms with Gasteiger partial charge in [0.2, 0.25) is 6.79 Å². The van der Waals surface area contributed by atoms with Crippen LogP contribution in [0.15, 0.2) is 11.6 Å². The Morgan fingerprint density at radius 2 is 1.86 bits per heavy atom. The number of halogens is 1. The summed E-state index contributed by atoms with van der Waals surface area (Å²) in [5.74, 6) is -1.71. The lowest BCUT2D eigenvalue weighted by Gasteiger charge is -2.59. The van der Waals surface area contributed by atoms with Gasteiger partial charge in [0.05, 0.1) is 0 Å². The highest BCUT2D eigenvalue weighted by Gasteiger charge is 2.77.